The second kappa shape index (κ2) is 9.84. The highest BCUT2D eigenvalue weighted by Gasteiger charge is 2.43. The van der Waals surface area contributed by atoms with Crippen LogP contribution in [0, 0.1) is 11.8 Å². The maximum Gasteiger partial charge on any atom is 0.337 e. The Bertz CT molecular complexity index is 1530. The van der Waals surface area contributed by atoms with Crippen molar-refractivity contribution in [3.8, 4) is 11.3 Å². The number of rotatable bonds is 7. The number of carbonyl (C=O) groups excluding carboxylic acids is 1. The number of hydrogen-bond donors (Lipinski definition) is 0. The summed E-state index contributed by atoms with van der Waals surface area (Å²) in [4.78, 5) is 18.7. The van der Waals surface area contributed by atoms with Gasteiger partial charge in [0.05, 0.1) is 35.4 Å². The molecule has 0 bridgehead atoms. The van der Waals surface area contributed by atoms with E-state index in [1.54, 1.807) is 18.2 Å². The minimum Gasteiger partial charge on any atom is -0.465 e. The molecule has 2 saturated carbocycles. The smallest absolute Gasteiger partial charge is 0.337 e. The van der Waals surface area contributed by atoms with E-state index >= 15 is 0 Å². The highest BCUT2D eigenvalue weighted by molar-refractivity contribution is 6.39. The molecule has 3 atom stereocenters. The third-order valence-corrected chi connectivity index (χ3v) is 8.84. The van der Waals surface area contributed by atoms with Crippen LogP contribution in [0.3, 0.4) is 0 Å². The molecule has 202 valence electrons. The Labute approximate surface area is 235 Å². The maximum atomic E-state index is 11.9. The summed E-state index contributed by atoms with van der Waals surface area (Å²) in [5.41, 5.74) is 4.10. The molecule has 2 aromatic carbocycles. The minimum atomic E-state index is -0.394. The number of ether oxygens (including phenoxy) is 2. The Morgan fingerprint density at radius 2 is 1.85 bits per heavy atom. The number of nitrogens with zero attached hydrogens (tertiary/aromatic N) is 3. The van der Waals surface area contributed by atoms with Crippen LogP contribution >= 0.6 is 23.2 Å². The first-order chi connectivity index (χ1) is 19.0. The number of methoxy groups -OCH3 is 1. The van der Waals surface area contributed by atoms with Crippen LogP contribution in [0.2, 0.25) is 10.0 Å². The van der Waals surface area contributed by atoms with Crippen molar-refractivity contribution >= 4 is 46.3 Å². The zero-order valence-corrected chi connectivity index (χ0v) is 22.9. The zero-order valence-electron chi connectivity index (χ0n) is 21.4. The molecule has 0 spiro atoms. The van der Waals surface area contributed by atoms with E-state index in [4.69, 9.17) is 41.6 Å². The Morgan fingerprint density at radius 1 is 1.10 bits per heavy atom. The van der Waals surface area contributed by atoms with Crippen LogP contribution in [0.5, 0.6) is 0 Å². The van der Waals surface area contributed by atoms with Gasteiger partial charge in [-0.25, -0.2) is 4.79 Å². The van der Waals surface area contributed by atoms with E-state index < -0.39 is 5.97 Å². The number of halogens is 2. The lowest BCUT2D eigenvalue weighted by Gasteiger charge is -2.18. The Morgan fingerprint density at radius 3 is 2.54 bits per heavy atom. The van der Waals surface area contributed by atoms with Crippen LogP contribution in [0.1, 0.15) is 53.3 Å². The summed E-state index contributed by atoms with van der Waals surface area (Å²) in [5.74, 6) is 1.89. The minimum absolute atomic E-state index is 0.157. The predicted molar refractivity (Wildman–Crippen MR) is 146 cm³/mol. The Hall–Kier alpha value is -3.07. The molecule has 1 saturated heterocycles. The van der Waals surface area contributed by atoms with Gasteiger partial charge in [-0.3, -0.25) is 0 Å². The molecule has 3 fully saturated rings. The van der Waals surface area contributed by atoms with Gasteiger partial charge in [-0.05, 0) is 67.9 Å². The van der Waals surface area contributed by atoms with Gasteiger partial charge in [0.25, 0.3) is 6.01 Å². The van der Waals surface area contributed by atoms with Gasteiger partial charge in [-0.15, -0.1) is 0 Å². The SMILES string of the molecule is COC(=O)c1ccc2nc(N3CC4CC(OCc5c(-c6c(Cl)cccc6Cl)noc5C5CC5)C[C@H]4C3)oc2c1. The standard InChI is InChI=1S/C29H27Cl2N3O5/c1-36-28(35)16-7-8-23-24(11-16)38-29(32-23)34-12-17-9-19(10-18(17)13-34)37-14-20-26(33-39-27(20)15-5-6-15)25-21(30)3-2-4-22(25)31/h2-4,7-8,11,15,17-19H,5-6,9-10,12-14H2,1H3/t17-,18?,19?/m0/s1. The van der Waals surface area contributed by atoms with Crippen LogP contribution in [0.25, 0.3) is 22.4 Å². The van der Waals surface area contributed by atoms with Crippen LogP contribution in [0.15, 0.2) is 45.3 Å². The van der Waals surface area contributed by atoms with E-state index in [1.807, 2.05) is 18.2 Å². The zero-order chi connectivity index (χ0) is 26.7. The molecular formula is C29H27Cl2N3O5. The Balaban J connectivity index is 1.03. The molecule has 10 heteroatoms. The molecule has 3 aliphatic rings. The second-order valence-corrected chi connectivity index (χ2v) is 11.6. The van der Waals surface area contributed by atoms with Crippen molar-refractivity contribution in [1.29, 1.82) is 0 Å². The first kappa shape index (κ1) is 24.9. The average Bonchev–Trinajstić information content (AvgIpc) is 3.24. The number of oxazole rings is 1. The third kappa shape index (κ3) is 4.58. The fourth-order valence-corrected chi connectivity index (χ4v) is 6.66. The highest BCUT2D eigenvalue weighted by atomic mass is 35.5. The number of esters is 1. The normalized spacial score (nSPS) is 22.5. The van der Waals surface area contributed by atoms with Gasteiger partial charge in [0.15, 0.2) is 5.58 Å². The monoisotopic (exact) mass is 567 g/mol. The van der Waals surface area contributed by atoms with E-state index in [-0.39, 0.29) is 6.10 Å². The molecule has 3 heterocycles. The van der Waals surface area contributed by atoms with E-state index in [2.05, 4.69) is 15.0 Å². The van der Waals surface area contributed by atoms with Crippen molar-refractivity contribution in [3.05, 3.63) is 63.3 Å². The molecule has 0 radical (unpaired) electrons. The maximum absolute atomic E-state index is 11.9. The molecule has 4 aromatic rings. The van der Waals surface area contributed by atoms with Gasteiger partial charge in [0, 0.05) is 30.1 Å². The van der Waals surface area contributed by atoms with Crippen LogP contribution in [0.4, 0.5) is 6.01 Å². The van der Waals surface area contributed by atoms with Crippen molar-refractivity contribution < 1.29 is 23.2 Å². The van der Waals surface area contributed by atoms with E-state index in [9.17, 15) is 4.79 Å². The van der Waals surface area contributed by atoms with Gasteiger partial charge >= 0.3 is 5.97 Å². The molecular weight excluding hydrogens is 541 g/mol. The van der Waals surface area contributed by atoms with E-state index in [0.717, 1.165) is 55.6 Å². The molecule has 7 rings (SSSR count). The lowest BCUT2D eigenvalue weighted by Crippen LogP contribution is -2.23. The Kier molecular flexibility index (Phi) is 6.29. The summed E-state index contributed by atoms with van der Waals surface area (Å²) in [7, 11) is 1.36. The first-order valence-corrected chi connectivity index (χ1v) is 14.0. The summed E-state index contributed by atoms with van der Waals surface area (Å²) in [5, 5.41) is 5.48. The number of aromatic nitrogens is 2. The van der Waals surface area contributed by atoms with Crippen LogP contribution in [-0.2, 0) is 16.1 Å². The number of hydrogen-bond acceptors (Lipinski definition) is 8. The molecule has 8 nitrogen and oxygen atoms in total. The number of carbonyl (C=O) groups is 1. The van der Waals surface area contributed by atoms with Gasteiger partial charge < -0.3 is 23.3 Å². The summed E-state index contributed by atoms with van der Waals surface area (Å²) >= 11 is 13.0. The van der Waals surface area contributed by atoms with Crippen molar-refractivity contribution in [2.75, 3.05) is 25.1 Å². The van der Waals surface area contributed by atoms with Gasteiger partial charge in [0.1, 0.15) is 17.0 Å². The van der Waals surface area contributed by atoms with Crippen LogP contribution < -0.4 is 4.90 Å². The van der Waals surface area contributed by atoms with Crippen molar-refractivity contribution in [3.63, 3.8) is 0 Å². The summed E-state index contributed by atoms with van der Waals surface area (Å²) in [6.45, 7) is 2.15. The molecule has 2 aliphatic carbocycles. The van der Waals surface area contributed by atoms with Gasteiger partial charge in [-0.1, -0.05) is 34.4 Å². The molecule has 39 heavy (non-hydrogen) atoms. The first-order valence-electron chi connectivity index (χ1n) is 13.3. The second-order valence-electron chi connectivity index (χ2n) is 10.7. The number of fused-ring (bicyclic) bond motifs is 2. The number of benzene rings is 2. The molecule has 2 unspecified atom stereocenters. The van der Waals surface area contributed by atoms with Crippen LogP contribution in [-0.4, -0.2) is 42.4 Å². The fourth-order valence-electron chi connectivity index (χ4n) is 6.08. The number of anilines is 1. The molecule has 1 aliphatic heterocycles. The predicted octanol–water partition coefficient (Wildman–Crippen LogP) is 6.89. The summed E-state index contributed by atoms with van der Waals surface area (Å²) < 4.78 is 23.1. The van der Waals surface area contributed by atoms with Crippen molar-refractivity contribution in [1.82, 2.24) is 10.1 Å². The average molecular weight is 568 g/mol. The largest absolute Gasteiger partial charge is 0.465 e. The fraction of sp³-hybridized carbons (Fsp3) is 0.414. The van der Waals surface area contributed by atoms with Crippen molar-refractivity contribution in [2.45, 2.75) is 44.3 Å². The summed E-state index contributed by atoms with van der Waals surface area (Å²) in [6.07, 6.45) is 4.30. The topological polar surface area (TPSA) is 90.8 Å². The lowest BCUT2D eigenvalue weighted by atomic mass is 10.0. The molecule has 0 N–H and O–H groups in total. The highest BCUT2D eigenvalue weighted by Crippen LogP contribution is 2.47. The third-order valence-electron chi connectivity index (χ3n) is 8.21. The van der Waals surface area contributed by atoms with E-state index in [1.165, 1.54) is 7.11 Å². The van der Waals surface area contributed by atoms with E-state index in [0.29, 0.717) is 62.8 Å². The van der Waals surface area contributed by atoms with Gasteiger partial charge in [0.2, 0.25) is 0 Å². The van der Waals surface area contributed by atoms with Gasteiger partial charge in [-0.2, -0.15) is 4.98 Å². The van der Waals surface area contributed by atoms with Crippen molar-refractivity contribution in [2.24, 2.45) is 11.8 Å². The molecule has 2 aromatic heterocycles. The summed E-state index contributed by atoms with van der Waals surface area (Å²) in [6, 6.07) is 11.2. The lowest BCUT2D eigenvalue weighted by molar-refractivity contribution is 0.0402. The quantitative estimate of drug-likeness (QED) is 0.223. The molecule has 0 amide bonds.